The molecule has 3 aromatic rings. The molecule has 0 unspecified atom stereocenters. The molecule has 0 saturated heterocycles. The number of pyridine rings is 2. The van der Waals surface area contributed by atoms with Gasteiger partial charge in [-0.1, -0.05) is 0 Å². The molecule has 0 aliphatic carbocycles. The Hall–Kier alpha value is -2.87. The lowest BCUT2D eigenvalue weighted by molar-refractivity contribution is 0.408. The highest BCUT2D eigenvalue weighted by molar-refractivity contribution is 5.85. The van der Waals surface area contributed by atoms with Crippen LogP contribution in [0.2, 0.25) is 0 Å². The topological polar surface area (TPSA) is 74.5 Å². The van der Waals surface area contributed by atoms with Crippen LogP contribution in [0, 0.1) is 11.3 Å². The van der Waals surface area contributed by atoms with Gasteiger partial charge in [0.2, 0.25) is 0 Å². The Morgan fingerprint density at radius 2 is 2.14 bits per heavy atom. The van der Waals surface area contributed by atoms with Gasteiger partial charge in [-0.3, -0.25) is 9.78 Å². The first kappa shape index (κ1) is 14.1. The summed E-state index contributed by atoms with van der Waals surface area (Å²) < 4.78 is 1.93. The average Bonchev–Trinajstić information content (AvgIpc) is 2.87. The van der Waals surface area contributed by atoms with Crippen LogP contribution in [0.1, 0.15) is 26.3 Å². The number of aromatic nitrogens is 3. The quantitative estimate of drug-likeness (QED) is 0.749. The van der Waals surface area contributed by atoms with Crippen LogP contribution >= 0.6 is 0 Å². The predicted octanol–water partition coefficient (Wildman–Crippen LogP) is 3.02. The van der Waals surface area contributed by atoms with Crippen LogP contribution in [0.25, 0.3) is 22.3 Å². The number of hydrogen-bond donors (Lipinski definition) is 1. The summed E-state index contributed by atoms with van der Waals surface area (Å²) in [5, 5.41) is 9.73. The molecule has 3 aromatic heterocycles. The fraction of sp³-hybridized carbons (Fsp3) is 0.235. The molecule has 3 rings (SSSR count). The van der Waals surface area contributed by atoms with E-state index in [0.717, 1.165) is 5.56 Å². The summed E-state index contributed by atoms with van der Waals surface area (Å²) >= 11 is 0. The van der Waals surface area contributed by atoms with Crippen LogP contribution in [-0.4, -0.2) is 14.5 Å². The van der Waals surface area contributed by atoms with Gasteiger partial charge in [0, 0.05) is 35.8 Å². The minimum absolute atomic E-state index is 0.160. The van der Waals surface area contributed by atoms with Gasteiger partial charge in [0.05, 0.1) is 16.6 Å². The van der Waals surface area contributed by atoms with Gasteiger partial charge in [-0.25, -0.2) is 0 Å². The lowest BCUT2D eigenvalue weighted by atomic mass is 10.1. The number of fused-ring (bicyclic) bond motifs is 1. The number of H-pyrrole nitrogens is 1. The first-order valence-electron chi connectivity index (χ1n) is 7.01. The van der Waals surface area contributed by atoms with Gasteiger partial charge in [0.1, 0.15) is 11.7 Å². The van der Waals surface area contributed by atoms with Crippen LogP contribution < -0.4 is 5.43 Å². The van der Waals surface area contributed by atoms with E-state index in [1.165, 1.54) is 6.07 Å². The van der Waals surface area contributed by atoms with Gasteiger partial charge in [-0.05, 0) is 32.9 Å². The van der Waals surface area contributed by atoms with Crippen LogP contribution in [0.15, 0.2) is 41.6 Å². The SMILES string of the molecule is CC(C)(C)n1cc(C#N)c2c(=O)cc(-c3cccnc3)[nH]c21. The van der Waals surface area contributed by atoms with Gasteiger partial charge < -0.3 is 9.55 Å². The molecule has 0 saturated carbocycles. The molecular weight excluding hydrogens is 276 g/mol. The molecule has 22 heavy (non-hydrogen) atoms. The minimum atomic E-state index is -0.246. The molecule has 5 heteroatoms. The van der Waals surface area contributed by atoms with Crippen LogP contribution in [0.5, 0.6) is 0 Å². The summed E-state index contributed by atoms with van der Waals surface area (Å²) in [7, 11) is 0. The predicted molar refractivity (Wildman–Crippen MR) is 85.5 cm³/mol. The molecule has 5 nitrogen and oxygen atoms in total. The van der Waals surface area contributed by atoms with E-state index in [0.29, 0.717) is 22.3 Å². The maximum absolute atomic E-state index is 12.5. The van der Waals surface area contributed by atoms with E-state index in [9.17, 15) is 10.1 Å². The Labute approximate surface area is 127 Å². The summed E-state index contributed by atoms with van der Waals surface area (Å²) in [6.45, 7) is 6.09. The van der Waals surface area contributed by atoms with E-state index in [1.807, 2.05) is 37.5 Å². The smallest absolute Gasteiger partial charge is 0.192 e. The van der Waals surface area contributed by atoms with Gasteiger partial charge in [-0.15, -0.1) is 0 Å². The standard InChI is InChI=1S/C17H16N4O/c1-17(2,3)21-10-12(8-18)15-14(22)7-13(20-16(15)21)11-5-4-6-19-9-11/h4-7,9-10H,1-3H3,(H,20,22). The summed E-state index contributed by atoms with van der Waals surface area (Å²) in [4.78, 5) is 19.9. The largest absolute Gasteiger partial charge is 0.340 e. The summed E-state index contributed by atoms with van der Waals surface area (Å²) in [6.07, 6.45) is 5.12. The Kier molecular flexibility index (Phi) is 3.10. The molecule has 0 aliphatic heterocycles. The van der Waals surface area contributed by atoms with Crippen molar-refractivity contribution in [1.29, 1.82) is 5.26 Å². The maximum atomic E-state index is 12.5. The highest BCUT2D eigenvalue weighted by Crippen LogP contribution is 2.26. The van der Waals surface area contributed by atoms with Gasteiger partial charge in [0.15, 0.2) is 5.43 Å². The number of hydrogen-bond acceptors (Lipinski definition) is 3. The van der Waals surface area contributed by atoms with Gasteiger partial charge in [0.25, 0.3) is 0 Å². The van der Waals surface area contributed by atoms with E-state index >= 15 is 0 Å². The number of nitrogens with one attached hydrogen (secondary N) is 1. The van der Waals surface area contributed by atoms with E-state index in [-0.39, 0.29) is 11.0 Å². The van der Waals surface area contributed by atoms with E-state index in [4.69, 9.17) is 0 Å². The summed E-state index contributed by atoms with van der Waals surface area (Å²) in [5.74, 6) is 0. The molecule has 3 heterocycles. The fourth-order valence-electron chi connectivity index (χ4n) is 2.54. The van der Waals surface area contributed by atoms with Crippen molar-refractivity contribution in [3.05, 3.63) is 52.6 Å². The normalized spacial score (nSPS) is 11.5. The summed E-state index contributed by atoms with van der Waals surface area (Å²) in [6, 6.07) is 7.34. The lowest BCUT2D eigenvalue weighted by Gasteiger charge is -2.22. The molecular formula is C17H16N4O. The van der Waals surface area contributed by atoms with Crippen LogP contribution in [0.4, 0.5) is 0 Å². The second-order valence-corrected chi connectivity index (χ2v) is 6.21. The molecule has 0 bridgehead atoms. The molecule has 0 aliphatic rings. The molecule has 0 atom stereocenters. The Morgan fingerprint density at radius 3 is 2.73 bits per heavy atom. The van der Waals surface area contributed by atoms with Crippen molar-refractivity contribution in [2.24, 2.45) is 0 Å². The van der Waals surface area contributed by atoms with Crippen molar-refractivity contribution in [2.45, 2.75) is 26.3 Å². The van der Waals surface area contributed by atoms with Crippen molar-refractivity contribution in [2.75, 3.05) is 0 Å². The van der Waals surface area contributed by atoms with E-state index < -0.39 is 0 Å². The van der Waals surface area contributed by atoms with Crippen molar-refractivity contribution in [3.8, 4) is 17.3 Å². The fourth-order valence-corrected chi connectivity index (χ4v) is 2.54. The molecule has 0 spiro atoms. The Bertz CT molecular complexity index is 937. The zero-order valence-corrected chi connectivity index (χ0v) is 12.7. The van der Waals surface area contributed by atoms with Gasteiger partial charge in [-0.2, -0.15) is 5.26 Å². The number of nitrogens with zero attached hydrogens (tertiary/aromatic N) is 3. The molecule has 110 valence electrons. The van der Waals surface area contributed by atoms with Crippen molar-refractivity contribution in [1.82, 2.24) is 14.5 Å². The summed E-state index contributed by atoms with van der Waals surface area (Å²) in [5.41, 5.74) is 2.18. The zero-order valence-electron chi connectivity index (χ0n) is 12.7. The molecule has 0 radical (unpaired) electrons. The van der Waals surface area contributed by atoms with E-state index in [2.05, 4.69) is 16.0 Å². The molecule has 0 fully saturated rings. The molecule has 0 aromatic carbocycles. The first-order valence-corrected chi connectivity index (χ1v) is 7.01. The first-order chi connectivity index (χ1) is 10.4. The third-order valence-electron chi connectivity index (χ3n) is 3.60. The molecule has 1 N–H and O–H groups in total. The number of nitriles is 1. The third kappa shape index (κ3) is 2.19. The monoisotopic (exact) mass is 292 g/mol. The zero-order chi connectivity index (χ0) is 15.9. The van der Waals surface area contributed by atoms with Crippen LogP contribution in [0.3, 0.4) is 0 Å². The second-order valence-electron chi connectivity index (χ2n) is 6.21. The van der Waals surface area contributed by atoms with Crippen molar-refractivity contribution >= 4 is 11.0 Å². The third-order valence-corrected chi connectivity index (χ3v) is 3.60. The number of aromatic amines is 1. The van der Waals surface area contributed by atoms with Gasteiger partial charge >= 0.3 is 0 Å². The lowest BCUT2D eigenvalue weighted by Crippen LogP contribution is -2.21. The van der Waals surface area contributed by atoms with Crippen LogP contribution in [-0.2, 0) is 5.54 Å². The molecule has 0 amide bonds. The highest BCUT2D eigenvalue weighted by Gasteiger charge is 2.21. The van der Waals surface area contributed by atoms with Crippen molar-refractivity contribution < 1.29 is 0 Å². The Balaban J connectivity index is 2.39. The highest BCUT2D eigenvalue weighted by atomic mass is 16.1. The maximum Gasteiger partial charge on any atom is 0.192 e. The number of rotatable bonds is 1. The second kappa shape index (κ2) is 4.85. The van der Waals surface area contributed by atoms with E-state index in [1.54, 1.807) is 18.6 Å². The van der Waals surface area contributed by atoms with Crippen molar-refractivity contribution in [3.63, 3.8) is 0 Å². The minimum Gasteiger partial charge on any atom is -0.340 e. The average molecular weight is 292 g/mol. The Morgan fingerprint density at radius 1 is 1.36 bits per heavy atom.